The number of carboxylic acids is 1. The Morgan fingerprint density at radius 1 is 1.04 bits per heavy atom. The number of unbranched alkanes of at least 4 members (excludes halogenated alkanes) is 1. The minimum Gasteiger partial charge on any atom is -0.489 e. The molecule has 0 aromatic heterocycles. The quantitative estimate of drug-likeness (QED) is 0.399. The molecule has 150 valence electrons. The molecule has 28 heavy (non-hydrogen) atoms. The van der Waals surface area contributed by atoms with Crippen molar-refractivity contribution >= 4 is 17.6 Å². The topological polar surface area (TPSA) is 46.5 Å². The molecular weight excluding hydrogens is 372 g/mol. The maximum absolute atomic E-state index is 10.6. The van der Waals surface area contributed by atoms with E-state index in [2.05, 4.69) is 24.3 Å². The number of hydrogen-bond donors (Lipinski definition) is 1. The third kappa shape index (κ3) is 6.27. The standard InChI is InChI=1S/C24H29ClO3/c25-22-10-4-5-11-23(22)28-21-9-3-2-8-20(17-21)19-15-13-18(14-16-19)7-1-6-12-24(26)27/h4-5,10-11,13-16,20-21H,1-3,6-9,12,17H2,(H,26,27). The van der Waals surface area contributed by atoms with Crippen LogP contribution in [0.5, 0.6) is 5.75 Å². The summed E-state index contributed by atoms with van der Waals surface area (Å²) in [6.45, 7) is 0. The van der Waals surface area contributed by atoms with E-state index < -0.39 is 5.97 Å². The van der Waals surface area contributed by atoms with Gasteiger partial charge in [0.2, 0.25) is 0 Å². The smallest absolute Gasteiger partial charge is 0.303 e. The molecule has 0 aliphatic heterocycles. The first-order chi connectivity index (χ1) is 13.6. The molecule has 2 aromatic carbocycles. The lowest BCUT2D eigenvalue weighted by Gasteiger charge is -2.22. The second-order valence-corrected chi connectivity index (χ2v) is 8.14. The van der Waals surface area contributed by atoms with Crippen LogP contribution in [0.3, 0.4) is 0 Å². The Labute approximate surface area is 172 Å². The molecule has 3 rings (SSSR count). The van der Waals surface area contributed by atoms with Crippen molar-refractivity contribution in [1.82, 2.24) is 0 Å². The van der Waals surface area contributed by atoms with Crippen molar-refractivity contribution < 1.29 is 14.6 Å². The minimum atomic E-state index is -0.711. The number of ether oxygens (including phenoxy) is 1. The van der Waals surface area contributed by atoms with Gasteiger partial charge in [-0.3, -0.25) is 4.79 Å². The van der Waals surface area contributed by atoms with Gasteiger partial charge in [-0.2, -0.15) is 0 Å². The van der Waals surface area contributed by atoms with Crippen LogP contribution in [-0.4, -0.2) is 17.2 Å². The number of carboxylic acid groups (broad SMARTS) is 1. The lowest BCUT2D eigenvalue weighted by atomic mass is 9.90. The zero-order chi connectivity index (χ0) is 19.8. The zero-order valence-corrected chi connectivity index (χ0v) is 17.0. The molecular formula is C24H29ClO3. The third-order valence-electron chi connectivity index (χ3n) is 5.56. The Hall–Kier alpha value is -2.00. The molecule has 0 amide bonds. The predicted molar refractivity (Wildman–Crippen MR) is 113 cm³/mol. The molecule has 1 aliphatic carbocycles. The van der Waals surface area contributed by atoms with Crippen molar-refractivity contribution in [2.75, 3.05) is 0 Å². The molecule has 1 saturated carbocycles. The summed E-state index contributed by atoms with van der Waals surface area (Å²) < 4.78 is 6.25. The fourth-order valence-electron chi connectivity index (χ4n) is 4.01. The first-order valence-electron chi connectivity index (χ1n) is 10.3. The summed E-state index contributed by atoms with van der Waals surface area (Å²) >= 11 is 6.27. The lowest BCUT2D eigenvalue weighted by molar-refractivity contribution is -0.137. The average molecular weight is 401 g/mol. The largest absolute Gasteiger partial charge is 0.489 e. The van der Waals surface area contributed by atoms with Gasteiger partial charge in [0.15, 0.2) is 0 Å². The summed E-state index contributed by atoms with van der Waals surface area (Å²) in [6.07, 6.45) is 8.75. The van der Waals surface area contributed by atoms with Gasteiger partial charge in [-0.1, -0.05) is 54.4 Å². The zero-order valence-electron chi connectivity index (χ0n) is 16.3. The maximum Gasteiger partial charge on any atom is 0.303 e. The summed E-state index contributed by atoms with van der Waals surface area (Å²) in [5.74, 6) is 0.583. The van der Waals surface area contributed by atoms with Gasteiger partial charge >= 0.3 is 5.97 Å². The van der Waals surface area contributed by atoms with E-state index in [0.717, 1.165) is 37.9 Å². The Bertz CT molecular complexity index is 757. The molecule has 0 saturated heterocycles. The first kappa shape index (κ1) is 20.7. The van der Waals surface area contributed by atoms with Crippen molar-refractivity contribution in [3.63, 3.8) is 0 Å². The van der Waals surface area contributed by atoms with E-state index >= 15 is 0 Å². The van der Waals surface area contributed by atoms with E-state index in [0.29, 0.717) is 10.9 Å². The van der Waals surface area contributed by atoms with E-state index in [9.17, 15) is 4.79 Å². The van der Waals surface area contributed by atoms with Crippen molar-refractivity contribution in [1.29, 1.82) is 0 Å². The summed E-state index contributed by atoms with van der Waals surface area (Å²) in [4.78, 5) is 10.6. The van der Waals surface area contributed by atoms with Crippen LogP contribution in [0.15, 0.2) is 48.5 Å². The maximum atomic E-state index is 10.6. The number of benzene rings is 2. The van der Waals surface area contributed by atoms with E-state index in [-0.39, 0.29) is 12.5 Å². The van der Waals surface area contributed by atoms with Crippen LogP contribution >= 0.6 is 11.6 Å². The molecule has 0 bridgehead atoms. The minimum absolute atomic E-state index is 0.197. The summed E-state index contributed by atoms with van der Waals surface area (Å²) in [5.41, 5.74) is 2.66. The van der Waals surface area contributed by atoms with Crippen LogP contribution in [0, 0.1) is 0 Å². The molecule has 1 aliphatic rings. The molecule has 0 radical (unpaired) electrons. The average Bonchev–Trinajstić information content (AvgIpc) is 2.93. The Balaban J connectivity index is 1.57. The molecule has 0 spiro atoms. The van der Waals surface area contributed by atoms with Crippen LogP contribution in [0.4, 0.5) is 0 Å². The molecule has 2 aromatic rings. The first-order valence-corrected chi connectivity index (χ1v) is 10.7. The van der Waals surface area contributed by atoms with Gasteiger partial charge in [0.05, 0.1) is 11.1 Å². The molecule has 2 unspecified atom stereocenters. The summed E-state index contributed by atoms with van der Waals surface area (Å²) in [6, 6.07) is 16.6. The van der Waals surface area contributed by atoms with Crippen molar-refractivity contribution in [2.24, 2.45) is 0 Å². The number of carbonyl (C=O) groups is 1. The van der Waals surface area contributed by atoms with Gasteiger partial charge < -0.3 is 9.84 Å². The van der Waals surface area contributed by atoms with Crippen molar-refractivity contribution in [3.8, 4) is 5.75 Å². The highest BCUT2D eigenvalue weighted by molar-refractivity contribution is 6.32. The van der Waals surface area contributed by atoms with Gasteiger partial charge in [0.1, 0.15) is 5.75 Å². The summed E-state index contributed by atoms with van der Waals surface area (Å²) in [7, 11) is 0. The SMILES string of the molecule is O=C(O)CCCCc1ccc(C2CCCCC(Oc3ccccc3Cl)C2)cc1. The second kappa shape index (κ2) is 10.5. The number of rotatable bonds is 8. The molecule has 4 heteroatoms. The Morgan fingerprint density at radius 3 is 2.54 bits per heavy atom. The number of hydrogen-bond acceptors (Lipinski definition) is 2. The van der Waals surface area contributed by atoms with Crippen LogP contribution in [0.1, 0.15) is 68.4 Å². The van der Waals surface area contributed by atoms with Crippen molar-refractivity contribution in [3.05, 3.63) is 64.7 Å². The fraction of sp³-hybridized carbons (Fsp3) is 0.458. The number of para-hydroxylation sites is 1. The van der Waals surface area contributed by atoms with E-state index in [1.54, 1.807) is 0 Å². The molecule has 1 N–H and O–H groups in total. The van der Waals surface area contributed by atoms with Gasteiger partial charge in [-0.15, -0.1) is 0 Å². The highest BCUT2D eigenvalue weighted by Gasteiger charge is 2.23. The number of halogens is 1. The lowest BCUT2D eigenvalue weighted by Crippen LogP contribution is -2.18. The van der Waals surface area contributed by atoms with Gasteiger partial charge in [0.25, 0.3) is 0 Å². The number of aryl methyl sites for hydroxylation is 1. The van der Waals surface area contributed by atoms with Crippen LogP contribution in [-0.2, 0) is 11.2 Å². The molecule has 2 atom stereocenters. The second-order valence-electron chi connectivity index (χ2n) is 7.73. The van der Waals surface area contributed by atoms with Gasteiger partial charge in [-0.25, -0.2) is 0 Å². The van der Waals surface area contributed by atoms with E-state index in [1.807, 2.05) is 24.3 Å². The fourth-order valence-corrected chi connectivity index (χ4v) is 4.19. The Morgan fingerprint density at radius 2 is 1.79 bits per heavy atom. The molecule has 1 fully saturated rings. The molecule has 0 heterocycles. The van der Waals surface area contributed by atoms with Gasteiger partial charge in [0, 0.05) is 6.42 Å². The van der Waals surface area contributed by atoms with E-state index in [1.165, 1.54) is 30.4 Å². The number of aliphatic carboxylic acids is 1. The normalized spacial score (nSPS) is 19.8. The highest BCUT2D eigenvalue weighted by Crippen LogP contribution is 2.35. The third-order valence-corrected chi connectivity index (χ3v) is 5.88. The van der Waals surface area contributed by atoms with Crippen LogP contribution in [0.2, 0.25) is 5.02 Å². The van der Waals surface area contributed by atoms with E-state index in [4.69, 9.17) is 21.4 Å². The van der Waals surface area contributed by atoms with Crippen LogP contribution < -0.4 is 4.74 Å². The Kier molecular flexibility index (Phi) is 7.79. The predicted octanol–water partition coefficient (Wildman–Crippen LogP) is 6.63. The van der Waals surface area contributed by atoms with Crippen molar-refractivity contribution in [2.45, 2.75) is 69.8 Å². The summed E-state index contributed by atoms with van der Waals surface area (Å²) in [5, 5.41) is 9.40. The van der Waals surface area contributed by atoms with Gasteiger partial charge in [-0.05, 0) is 74.1 Å². The van der Waals surface area contributed by atoms with Crippen LogP contribution in [0.25, 0.3) is 0 Å². The molecule has 3 nitrogen and oxygen atoms in total. The highest BCUT2D eigenvalue weighted by atomic mass is 35.5. The monoisotopic (exact) mass is 400 g/mol.